The highest BCUT2D eigenvalue weighted by Crippen LogP contribution is 2.47. The van der Waals surface area contributed by atoms with Crippen LogP contribution in [0.5, 0.6) is 0 Å². The summed E-state index contributed by atoms with van der Waals surface area (Å²) in [4.78, 5) is 0. The lowest BCUT2D eigenvalue weighted by atomic mass is 9.62. The van der Waals surface area contributed by atoms with Gasteiger partial charge in [-0.3, -0.25) is 0 Å². The Morgan fingerprint density at radius 1 is 0.520 bits per heavy atom. The molecule has 0 aliphatic heterocycles. The molecule has 3 fully saturated rings. The molecule has 0 saturated heterocycles. The summed E-state index contributed by atoms with van der Waals surface area (Å²) < 4.78 is 0. The molecule has 7 unspecified atom stereocenters. The highest BCUT2D eigenvalue weighted by molar-refractivity contribution is 4.87. The lowest BCUT2D eigenvalue weighted by Gasteiger charge is -2.44. The fraction of sp³-hybridized carbons (Fsp3) is 1.00. The predicted molar refractivity (Wildman–Crippen MR) is 111 cm³/mol. The van der Waals surface area contributed by atoms with Gasteiger partial charge in [0, 0.05) is 0 Å². The quantitative estimate of drug-likeness (QED) is 0.484. The molecular weight excluding hydrogens is 300 g/mol. The molecule has 3 aliphatic rings. The third-order valence-electron chi connectivity index (χ3n) is 9.34. The molecule has 3 saturated carbocycles. The van der Waals surface area contributed by atoms with Crippen LogP contribution in [0.15, 0.2) is 0 Å². The standard InChI is InChI=1S/C25H46/c1-17-6-9-22(10-7-17)15-24-12-13-25(21(5)20(24)4)16-23-11-8-18(2)19(3)14-23/h17-25H,6-16H2,1-5H3. The molecule has 0 heteroatoms. The molecule has 0 aromatic heterocycles. The van der Waals surface area contributed by atoms with Crippen LogP contribution in [0.1, 0.15) is 105 Å². The normalized spacial score (nSPS) is 49.1. The number of hydrogen-bond acceptors (Lipinski definition) is 0. The maximum Gasteiger partial charge on any atom is -0.0383 e. The summed E-state index contributed by atoms with van der Waals surface area (Å²) in [6, 6.07) is 0. The van der Waals surface area contributed by atoms with Crippen molar-refractivity contribution in [2.75, 3.05) is 0 Å². The Kier molecular flexibility index (Phi) is 6.95. The van der Waals surface area contributed by atoms with E-state index >= 15 is 0 Å². The van der Waals surface area contributed by atoms with Gasteiger partial charge in [-0.1, -0.05) is 73.1 Å². The Balaban J connectivity index is 1.47. The van der Waals surface area contributed by atoms with Crippen molar-refractivity contribution in [1.29, 1.82) is 0 Å². The molecule has 3 aliphatic carbocycles. The molecule has 3 rings (SSSR count). The molecule has 0 bridgehead atoms. The van der Waals surface area contributed by atoms with E-state index in [9.17, 15) is 0 Å². The highest BCUT2D eigenvalue weighted by atomic mass is 14.4. The lowest BCUT2D eigenvalue weighted by molar-refractivity contribution is 0.0637. The molecule has 0 nitrogen and oxygen atoms in total. The third-order valence-corrected chi connectivity index (χ3v) is 9.34. The van der Waals surface area contributed by atoms with Crippen LogP contribution in [0.25, 0.3) is 0 Å². The fourth-order valence-electron chi connectivity index (χ4n) is 6.77. The number of hydrogen-bond donors (Lipinski definition) is 0. The summed E-state index contributed by atoms with van der Waals surface area (Å²) >= 11 is 0. The fourth-order valence-corrected chi connectivity index (χ4v) is 6.77. The summed E-state index contributed by atoms with van der Waals surface area (Å²) in [5.41, 5.74) is 0. The second kappa shape index (κ2) is 8.79. The Morgan fingerprint density at radius 3 is 1.60 bits per heavy atom. The summed E-state index contributed by atoms with van der Waals surface area (Å²) in [6.07, 6.45) is 16.8. The maximum absolute atomic E-state index is 2.61. The molecule has 25 heavy (non-hydrogen) atoms. The van der Waals surface area contributed by atoms with Crippen molar-refractivity contribution in [3.8, 4) is 0 Å². The highest BCUT2D eigenvalue weighted by Gasteiger charge is 2.37. The monoisotopic (exact) mass is 346 g/mol. The zero-order chi connectivity index (χ0) is 18.0. The second-order valence-electron chi connectivity index (χ2n) is 11.0. The van der Waals surface area contributed by atoms with Gasteiger partial charge in [0.05, 0.1) is 0 Å². The van der Waals surface area contributed by atoms with Gasteiger partial charge >= 0.3 is 0 Å². The van der Waals surface area contributed by atoms with E-state index in [1.165, 1.54) is 44.9 Å². The summed E-state index contributed by atoms with van der Waals surface area (Å²) in [5, 5.41) is 0. The van der Waals surface area contributed by atoms with Gasteiger partial charge in [0.1, 0.15) is 0 Å². The Bertz CT molecular complexity index is 391. The smallest absolute Gasteiger partial charge is 0.0383 e. The molecule has 146 valence electrons. The van der Waals surface area contributed by atoms with Crippen LogP contribution in [-0.2, 0) is 0 Å². The van der Waals surface area contributed by atoms with Crippen molar-refractivity contribution in [3.05, 3.63) is 0 Å². The van der Waals surface area contributed by atoms with E-state index in [-0.39, 0.29) is 0 Å². The topological polar surface area (TPSA) is 0 Å². The average molecular weight is 347 g/mol. The van der Waals surface area contributed by atoms with Gasteiger partial charge in [-0.05, 0) is 85.4 Å². The largest absolute Gasteiger partial charge is 0.0625 e. The van der Waals surface area contributed by atoms with Crippen LogP contribution in [0.4, 0.5) is 0 Å². The van der Waals surface area contributed by atoms with E-state index in [1.54, 1.807) is 25.7 Å². The Hall–Kier alpha value is 0. The van der Waals surface area contributed by atoms with Gasteiger partial charge in [-0.15, -0.1) is 0 Å². The molecular formula is C25H46. The first-order valence-electron chi connectivity index (χ1n) is 11.9. The minimum Gasteiger partial charge on any atom is -0.0625 e. The van der Waals surface area contributed by atoms with E-state index in [1.807, 2.05) is 0 Å². The van der Waals surface area contributed by atoms with Crippen molar-refractivity contribution in [2.45, 2.75) is 105 Å². The van der Waals surface area contributed by atoms with Gasteiger partial charge in [-0.2, -0.15) is 0 Å². The summed E-state index contributed by atoms with van der Waals surface area (Å²) in [6.45, 7) is 12.7. The van der Waals surface area contributed by atoms with Gasteiger partial charge < -0.3 is 0 Å². The van der Waals surface area contributed by atoms with E-state index in [4.69, 9.17) is 0 Å². The molecule has 0 amide bonds. The van der Waals surface area contributed by atoms with Crippen LogP contribution in [0.3, 0.4) is 0 Å². The Morgan fingerprint density at radius 2 is 1.04 bits per heavy atom. The third kappa shape index (κ3) is 5.04. The van der Waals surface area contributed by atoms with E-state index < -0.39 is 0 Å². The first-order chi connectivity index (χ1) is 11.9. The average Bonchev–Trinajstić information content (AvgIpc) is 2.59. The van der Waals surface area contributed by atoms with Crippen molar-refractivity contribution >= 4 is 0 Å². The van der Waals surface area contributed by atoms with Gasteiger partial charge in [0.25, 0.3) is 0 Å². The Labute approximate surface area is 158 Å². The van der Waals surface area contributed by atoms with E-state index in [2.05, 4.69) is 34.6 Å². The number of rotatable bonds is 4. The molecule has 7 atom stereocenters. The summed E-state index contributed by atoms with van der Waals surface area (Å²) in [7, 11) is 0. The second-order valence-corrected chi connectivity index (χ2v) is 11.0. The molecule has 0 radical (unpaired) electrons. The first kappa shape index (κ1) is 19.8. The van der Waals surface area contributed by atoms with Crippen LogP contribution < -0.4 is 0 Å². The summed E-state index contributed by atoms with van der Waals surface area (Å²) in [5.74, 6) is 9.06. The first-order valence-corrected chi connectivity index (χ1v) is 11.9. The zero-order valence-electron chi connectivity index (χ0n) is 18.0. The molecule has 0 heterocycles. The molecule has 0 aromatic rings. The van der Waals surface area contributed by atoms with Crippen molar-refractivity contribution < 1.29 is 0 Å². The maximum atomic E-state index is 2.61. The van der Waals surface area contributed by atoms with E-state index in [0.29, 0.717) is 0 Å². The SMILES string of the molecule is CC1CCC(CC2CCC(CC3CCC(C)C(C)C3)C(C)C2C)CC1. The zero-order valence-corrected chi connectivity index (χ0v) is 18.0. The van der Waals surface area contributed by atoms with Crippen molar-refractivity contribution in [1.82, 2.24) is 0 Å². The van der Waals surface area contributed by atoms with Gasteiger partial charge in [0.15, 0.2) is 0 Å². The van der Waals surface area contributed by atoms with E-state index in [0.717, 1.165) is 53.3 Å². The minimum atomic E-state index is 0.968. The van der Waals surface area contributed by atoms with Gasteiger partial charge in [-0.25, -0.2) is 0 Å². The van der Waals surface area contributed by atoms with Crippen LogP contribution in [0, 0.1) is 53.3 Å². The van der Waals surface area contributed by atoms with Crippen LogP contribution in [-0.4, -0.2) is 0 Å². The van der Waals surface area contributed by atoms with Crippen LogP contribution in [0.2, 0.25) is 0 Å². The van der Waals surface area contributed by atoms with Crippen molar-refractivity contribution in [2.24, 2.45) is 53.3 Å². The predicted octanol–water partition coefficient (Wildman–Crippen LogP) is 7.96. The van der Waals surface area contributed by atoms with Crippen LogP contribution >= 0.6 is 0 Å². The molecule has 0 N–H and O–H groups in total. The molecule has 0 spiro atoms. The van der Waals surface area contributed by atoms with Gasteiger partial charge in [0.2, 0.25) is 0 Å². The van der Waals surface area contributed by atoms with Crippen molar-refractivity contribution in [3.63, 3.8) is 0 Å². The lowest BCUT2D eigenvalue weighted by Crippen LogP contribution is -2.34. The minimum absolute atomic E-state index is 0.968. The molecule has 0 aromatic carbocycles.